The summed E-state index contributed by atoms with van der Waals surface area (Å²) in [5.74, 6) is 0. The molecule has 0 saturated carbocycles. The van der Waals surface area contributed by atoms with Crippen molar-refractivity contribution in [1.29, 1.82) is 0 Å². The van der Waals surface area contributed by atoms with Gasteiger partial charge in [0.25, 0.3) is 0 Å². The first-order valence-electron chi connectivity index (χ1n) is 10.9. The van der Waals surface area contributed by atoms with Gasteiger partial charge in [0.05, 0.1) is 20.7 Å². The van der Waals surface area contributed by atoms with E-state index in [1.807, 2.05) is 6.07 Å². The van der Waals surface area contributed by atoms with E-state index in [0.717, 1.165) is 36.6 Å². The summed E-state index contributed by atoms with van der Waals surface area (Å²) >= 11 is 2.60. The second kappa shape index (κ2) is 17.1. The van der Waals surface area contributed by atoms with Crippen LogP contribution in [0.15, 0.2) is 24.3 Å². The van der Waals surface area contributed by atoms with Gasteiger partial charge in [-0.3, -0.25) is 14.4 Å². The Labute approximate surface area is 188 Å². The molecule has 2 aromatic heterocycles. The molecule has 0 amide bonds. The predicted octanol–water partition coefficient (Wildman–Crippen LogP) is 7.28. The van der Waals surface area contributed by atoms with Gasteiger partial charge in [-0.1, -0.05) is 71.1 Å². The van der Waals surface area contributed by atoms with Crippen LogP contribution in [-0.2, 0) is 0 Å². The van der Waals surface area contributed by atoms with Crippen LogP contribution >= 0.6 is 22.7 Å². The van der Waals surface area contributed by atoms with Gasteiger partial charge in [-0.15, -0.1) is 22.7 Å². The van der Waals surface area contributed by atoms with Crippen molar-refractivity contribution in [1.82, 2.24) is 0 Å². The summed E-state index contributed by atoms with van der Waals surface area (Å²) in [6.45, 7) is 2.25. The number of thiophene rings is 2. The molecule has 1 atom stereocenters. The fourth-order valence-electron chi connectivity index (χ4n) is 3.07. The molecule has 0 radical (unpaired) electrons. The first-order chi connectivity index (χ1) is 14.6. The molecule has 0 spiro atoms. The highest BCUT2D eigenvalue weighted by Crippen LogP contribution is 2.26. The molecular formula is C24H34O4S2. The normalized spacial score (nSPS) is 11.4. The van der Waals surface area contributed by atoms with Crippen molar-refractivity contribution >= 4 is 41.5 Å². The van der Waals surface area contributed by atoms with Crippen molar-refractivity contribution in [2.45, 2.75) is 83.7 Å². The number of unbranched alkanes of at least 4 members (excludes halogenated alkanes) is 9. The van der Waals surface area contributed by atoms with Crippen molar-refractivity contribution in [2.24, 2.45) is 0 Å². The lowest BCUT2D eigenvalue weighted by Gasteiger charge is -2.08. The quantitative estimate of drug-likeness (QED) is 0.229. The minimum absolute atomic E-state index is 0.391. The van der Waals surface area contributed by atoms with Gasteiger partial charge < -0.3 is 5.11 Å². The predicted molar refractivity (Wildman–Crippen MR) is 126 cm³/mol. The fraction of sp³-hybridized carbons (Fsp3) is 0.542. The van der Waals surface area contributed by atoms with Crippen molar-refractivity contribution in [3.05, 3.63) is 43.8 Å². The Morgan fingerprint density at radius 2 is 1.13 bits per heavy atom. The minimum Gasteiger partial charge on any atom is -0.388 e. The van der Waals surface area contributed by atoms with Crippen molar-refractivity contribution in [3.8, 4) is 0 Å². The summed E-state index contributed by atoms with van der Waals surface area (Å²) in [5, 5.41) is 10.0. The molecule has 1 N–H and O–H groups in total. The van der Waals surface area contributed by atoms with Crippen LogP contribution < -0.4 is 0 Å². The molecule has 2 heterocycles. The number of aliphatic hydroxyl groups is 1. The zero-order valence-electron chi connectivity index (χ0n) is 17.9. The van der Waals surface area contributed by atoms with E-state index >= 15 is 0 Å². The fourth-order valence-corrected chi connectivity index (χ4v) is 4.56. The van der Waals surface area contributed by atoms with Crippen LogP contribution in [0.25, 0.3) is 0 Å². The Morgan fingerprint density at radius 3 is 1.57 bits per heavy atom. The topological polar surface area (TPSA) is 71.4 Å². The summed E-state index contributed by atoms with van der Waals surface area (Å²) in [7, 11) is 0. The summed E-state index contributed by atoms with van der Waals surface area (Å²) in [6, 6.07) is 6.91. The number of hydrogen-bond acceptors (Lipinski definition) is 6. The van der Waals surface area contributed by atoms with Crippen LogP contribution in [0.5, 0.6) is 0 Å². The molecule has 0 aliphatic rings. The maximum absolute atomic E-state index is 10.6. The Kier molecular flexibility index (Phi) is 15.0. The first-order valence-corrected chi connectivity index (χ1v) is 12.5. The molecule has 0 aliphatic carbocycles. The number of aliphatic hydroxyl groups excluding tert-OH is 1. The van der Waals surface area contributed by atoms with Crippen LogP contribution in [0.2, 0.25) is 0 Å². The molecule has 166 valence electrons. The van der Waals surface area contributed by atoms with Crippen LogP contribution in [0.4, 0.5) is 0 Å². The Morgan fingerprint density at radius 1 is 0.700 bits per heavy atom. The lowest BCUT2D eigenvalue weighted by Crippen LogP contribution is -1.94. The highest BCUT2D eigenvalue weighted by molar-refractivity contribution is 7.15. The number of hydrogen-bond donors (Lipinski definition) is 1. The average Bonchev–Trinajstić information content (AvgIpc) is 3.44. The molecule has 0 saturated heterocycles. The summed E-state index contributed by atoms with van der Waals surface area (Å²) in [4.78, 5) is 33.5. The molecule has 0 aromatic carbocycles. The van der Waals surface area contributed by atoms with E-state index in [9.17, 15) is 19.5 Å². The maximum Gasteiger partial charge on any atom is 0.160 e. The molecule has 6 heteroatoms. The van der Waals surface area contributed by atoms with Gasteiger partial charge >= 0.3 is 0 Å². The summed E-state index contributed by atoms with van der Waals surface area (Å²) in [6.07, 6.45) is 15.9. The molecule has 1 unspecified atom stereocenters. The van der Waals surface area contributed by atoms with Gasteiger partial charge in [0.15, 0.2) is 18.9 Å². The Balaban J connectivity index is 0.000000414. The van der Waals surface area contributed by atoms with Gasteiger partial charge in [-0.25, -0.2) is 0 Å². The molecule has 0 fully saturated rings. The van der Waals surface area contributed by atoms with Crippen LogP contribution in [-0.4, -0.2) is 24.0 Å². The van der Waals surface area contributed by atoms with E-state index in [0.29, 0.717) is 14.6 Å². The monoisotopic (exact) mass is 450 g/mol. The standard InChI is InChI=1S/C18H30O2S.C6H4O2S/c1-2-3-4-5-6-7-8-9-10-11-12-17(20)18-14-13-16(15-19)21-18;7-3-5-1-2-6(4-8)9-5/h13-15,17,20H,2-12H2,1H3;1-4H. The van der Waals surface area contributed by atoms with E-state index < -0.39 is 6.10 Å². The van der Waals surface area contributed by atoms with Crippen molar-refractivity contribution in [2.75, 3.05) is 0 Å². The van der Waals surface area contributed by atoms with Crippen molar-refractivity contribution < 1.29 is 19.5 Å². The lowest BCUT2D eigenvalue weighted by atomic mass is 10.0. The Bertz CT molecular complexity index is 698. The number of rotatable bonds is 15. The second-order valence-corrected chi connectivity index (χ2v) is 9.61. The van der Waals surface area contributed by atoms with Gasteiger partial charge in [-0.05, 0) is 30.7 Å². The van der Waals surface area contributed by atoms with E-state index in [2.05, 4.69) is 6.92 Å². The van der Waals surface area contributed by atoms with E-state index in [1.165, 1.54) is 80.5 Å². The third-order valence-corrected chi connectivity index (χ3v) is 6.85. The van der Waals surface area contributed by atoms with Crippen LogP contribution in [0.1, 0.15) is 118 Å². The van der Waals surface area contributed by atoms with E-state index in [1.54, 1.807) is 18.2 Å². The molecule has 0 bridgehead atoms. The highest BCUT2D eigenvalue weighted by Gasteiger charge is 2.09. The molecule has 2 rings (SSSR count). The zero-order valence-corrected chi connectivity index (χ0v) is 19.5. The number of carbonyl (C=O) groups is 3. The SMILES string of the molecule is CCCCCCCCCCCCC(O)c1ccc(C=O)s1.O=Cc1ccc(C=O)s1. The number of carbonyl (C=O) groups excluding carboxylic acids is 3. The van der Waals surface area contributed by atoms with Crippen molar-refractivity contribution in [3.63, 3.8) is 0 Å². The molecular weight excluding hydrogens is 416 g/mol. The zero-order chi connectivity index (χ0) is 22.0. The maximum atomic E-state index is 10.6. The second-order valence-electron chi connectivity index (χ2n) is 7.32. The van der Waals surface area contributed by atoms with Gasteiger partial charge in [-0.2, -0.15) is 0 Å². The Hall–Kier alpha value is -1.63. The minimum atomic E-state index is -0.391. The molecule has 0 aliphatic heterocycles. The largest absolute Gasteiger partial charge is 0.388 e. The van der Waals surface area contributed by atoms with Gasteiger partial charge in [0.1, 0.15) is 0 Å². The summed E-state index contributed by atoms with van der Waals surface area (Å²) in [5.41, 5.74) is 0. The highest BCUT2D eigenvalue weighted by atomic mass is 32.1. The van der Waals surface area contributed by atoms with Gasteiger partial charge in [0.2, 0.25) is 0 Å². The third kappa shape index (κ3) is 11.5. The molecule has 4 nitrogen and oxygen atoms in total. The first kappa shape index (κ1) is 26.4. The lowest BCUT2D eigenvalue weighted by molar-refractivity contribution is 0.111. The smallest absolute Gasteiger partial charge is 0.160 e. The van der Waals surface area contributed by atoms with Gasteiger partial charge in [0, 0.05) is 4.88 Å². The molecule has 2 aromatic rings. The van der Waals surface area contributed by atoms with E-state index in [4.69, 9.17) is 0 Å². The molecule has 30 heavy (non-hydrogen) atoms. The van der Waals surface area contributed by atoms with Crippen LogP contribution in [0.3, 0.4) is 0 Å². The average molecular weight is 451 g/mol. The third-order valence-electron chi connectivity index (χ3n) is 4.80. The van der Waals surface area contributed by atoms with Crippen LogP contribution in [0, 0.1) is 0 Å². The summed E-state index contributed by atoms with van der Waals surface area (Å²) < 4.78 is 0. The number of aldehydes is 3. The van der Waals surface area contributed by atoms with E-state index in [-0.39, 0.29) is 0 Å².